The summed E-state index contributed by atoms with van der Waals surface area (Å²) < 4.78 is 0. The quantitative estimate of drug-likeness (QED) is 0.486. The topological polar surface area (TPSA) is 44.3 Å². The number of benzene rings is 2. The molecule has 0 fully saturated rings. The van der Waals surface area contributed by atoms with Crippen LogP contribution in [0.4, 0.5) is 5.82 Å². The minimum Gasteiger partial charge on any atom is -0.369 e. The highest BCUT2D eigenvalue weighted by Crippen LogP contribution is 2.24. The molecule has 0 saturated heterocycles. The largest absolute Gasteiger partial charge is 0.369 e. The Morgan fingerprint density at radius 3 is 2.48 bits per heavy atom. The third-order valence-corrected chi connectivity index (χ3v) is 5.31. The van der Waals surface area contributed by atoms with Crippen molar-refractivity contribution < 1.29 is 0 Å². The molecular formula is C22H27Cl2N5. The van der Waals surface area contributed by atoms with Gasteiger partial charge in [0, 0.05) is 18.5 Å². The van der Waals surface area contributed by atoms with E-state index in [1.54, 1.807) is 0 Å². The number of nitrogens with zero attached hydrogens (tertiary/aromatic N) is 4. The molecule has 0 aliphatic rings. The van der Waals surface area contributed by atoms with E-state index in [0.29, 0.717) is 16.6 Å². The zero-order valence-electron chi connectivity index (χ0n) is 17.1. The first-order chi connectivity index (χ1) is 13.9. The summed E-state index contributed by atoms with van der Waals surface area (Å²) in [6.45, 7) is 3.28. The van der Waals surface area contributed by atoms with Crippen LogP contribution in [0.15, 0.2) is 42.5 Å². The van der Waals surface area contributed by atoms with Crippen LogP contribution in [0.2, 0.25) is 10.0 Å². The number of anilines is 1. The Morgan fingerprint density at radius 1 is 0.931 bits per heavy atom. The summed E-state index contributed by atoms with van der Waals surface area (Å²) in [7, 11) is 6.22. The summed E-state index contributed by atoms with van der Waals surface area (Å²) in [6.07, 6.45) is 1.05. The first kappa shape index (κ1) is 21.8. The number of halogens is 2. The van der Waals surface area contributed by atoms with E-state index in [1.165, 1.54) is 0 Å². The molecular weight excluding hydrogens is 405 g/mol. The van der Waals surface area contributed by atoms with Gasteiger partial charge in [0.05, 0.1) is 22.1 Å². The Labute approximate surface area is 182 Å². The van der Waals surface area contributed by atoms with Gasteiger partial charge in [-0.15, -0.1) is 0 Å². The van der Waals surface area contributed by atoms with E-state index in [9.17, 15) is 0 Å². The molecule has 7 heteroatoms. The molecule has 1 aromatic heterocycles. The molecule has 29 heavy (non-hydrogen) atoms. The van der Waals surface area contributed by atoms with Crippen molar-refractivity contribution in [3.8, 4) is 0 Å². The molecule has 0 saturated carbocycles. The van der Waals surface area contributed by atoms with Gasteiger partial charge in [0.15, 0.2) is 0 Å². The maximum atomic E-state index is 6.14. The van der Waals surface area contributed by atoms with Gasteiger partial charge in [-0.25, -0.2) is 9.97 Å². The van der Waals surface area contributed by atoms with Crippen molar-refractivity contribution >= 4 is 39.9 Å². The summed E-state index contributed by atoms with van der Waals surface area (Å²) >= 11 is 12.2. The molecule has 0 bridgehead atoms. The zero-order chi connectivity index (χ0) is 20.8. The van der Waals surface area contributed by atoms with Crippen molar-refractivity contribution in [3.63, 3.8) is 0 Å². The van der Waals surface area contributed by atoms with E-state index in [2.05, 4.69) is 35.3 Å². The van der Waals surface area contributed by atoms with Crippen LogP contribution in [-0.2, 0) is 13.1 Å². The highest BCUT2D eigenvalue weighted by molar-refractivity contribution is 6.42. The average Bonchev–Trinajstić information content (AvgIpc) is 2.67. The molecule has 0 unspecified atom stereocenters. The highest BCUT2D eigenvalue weighted by Gasteiger charge is 2.10. The minimum absolute atomic E-state index is 0.570. The smallest absolute Gasteiger partial charge is 0.145 e. The van der Waals surface area contributed by atoms with E-state index < -0.39 is 0 Å². The van der Waals surface area contributed by atoms with E-state index in [0.717, 1.165) is 54.2 Å². The number of para-hydroxylation sites is 1. The fourth-order valence-electron chi connectivity index (χ4n) is 3.18. The molecule has 2 aromatic carbocycles. The first-order valence-electron chi connectivity index (χ1n) is 9.69. The van der Waals surface area contributed by atoms with Crippen LogP contribution in [0.3, 0.4) is 0 Å². The average molecular weight is 432 g/mol. The number of aromatic nitrogens is 2. The Kier molecular flexibility index (Phi) is 7.67. The van der Waals surface area contributed by atoms with Gasteiger partial charge in [0.25, 0.3) is 0 Å². The Hall–Kier alpha value is -1.92. The van der Waals surface area contributed by atoms with Crippen molar-refractivity contribution in [2.75, 3.05) is 39.5 Å². The van der Waals surface area contributed by atoms with Gasteiger partial charge in [-0.1, -0.05) is 41.4 Å². The lowest BCUT2D eigenvalue weighted by atomic mass is 10.2. The fraction of sp³-hybridized carbons (Fsp3) is 0.364. The highest BCUT2D eigenvalue weighted by atomic mass is 35.5. The Balaban J connectivity index is 1.73. The van der Waals surface area contributed by atoms with E-state index in [1.807, 2.05) is 43.4 Å². The molecule has 1 N–H and O–H groups in total. The van der Waals surface area contributed by atoms with Gasteiger partial charge in [0.2, 0.25) is 0 Å². The molecule has 154 valence electrons. The molecule has 3 aromatic rings. The molecule has 3 rings (SSSR count). The molecule has 0 aliphatic carbocycles. The van der Waals surface area contributed by atoms with Crippen molar-refractivity contribution in [2.45, 2.75) is 19.5 Å². The predicted octanol–water partition coefficient (Wildman–Crippen LogP) is 4.93. The summed E-state index contributed by atoms with van der Waals surface area (Å²) in [5.41, 5.74) is 2.06. The maximum Gasteiger partial charge on any atom is 0.145 e. The third-order valence-electron chi connectivity index (χ3n) is 4.57. The van der Waals surface area contributed by atoms with Gasteiger partial charge in [0.1, 0.15) is 11.6 Å². The van der Waals surface area contributed by atoms with Crippen LogP contribution in [-0.4, -0.2) is 54.0 Å². The lowest BCUT2D eigenvalue weighted by Crippen LogP contribution is -2.20. The maximum absolute atomic E-state index is 6.14. The van der Waals surface area contributed by atoms with E-state index in [-0.39, 0.29) is 0 Å². The summed E-state index contributed by atoms with van der Waals surface area (Å²) in [4.78, 5) is 13.9. The van der Waals surface area contributed by atoms with Crippen molar-refractivity contribution in [2.24, 2.45) is 0 Å². The number of nitrogens with one attached hydrogen (secondary N) is 1. The zero-order valence-corrected chi connectivity index (χ0v) is 18.6. The molecule has 0 amide bonds. The molecule has 0 spiro atoms. The normalized spacial score (nSPS) is 11.6. The van der Waals surface area contributed by atoms with Crippen molar-refractivity contribution in [3.05, 3.63) is 63.9 Å². The summed E-state index contributed by atoms with van der Waals surface area (Å²) in [5.74, 6) is 1.69. The van der Waals surface area contributed by atoms with Crippen LogP contribution >= 0.6 is 23.2 Å². The Morgan fingerprint density at radius 2 is 1.72 bits per heavy atom. The van der Waals surface area contributed by atoms with Gasteiger partial charge >= 0.3 is 0 Å². The number of hydrogen-bond donors (Lipinski definition) is 1. The first-order valence-corrected chi connectivity index (χ1v) is 10.4. The molecule has 5 nitrogen and oxygen atoms in total. The van der Waals surface area contributed by atoms with Crippen molar-refractivity contribution in [1.82, 2.24) is 19.8 Å². The fourth-order valence-corrected chi connectivity index (χ4v) is 3.50. The lowest BCUT2D eigenvalue weighted by Gasteiger charge is -2.18. The van der Waals surface area contributed by atoms with E-state index in [4.69, 9.17) is 33.2 Å². The van der Waals surface area contributed by atoms with Crippen LogP contribution in [0.25, 0.3) is 10.9 Å². The monoisotopic (exact) mass is 431 g/mol. The number of rotatable bonds is 9. The second-order valence-electron chi connectivity index (χ2n) is 7.51. The van der Waals surface area contributed by atoms with Crippen LogP contribution in [0.5, 0.6) is 0 Å². The summed E-state index contributed by atoms with van der Waals surface area (Å²) in [5, 5.41) is 5.68. The van der Waals surface area contributed by atoms with Gasteiger partial charge in [-0.05, 0) is 63.9 Å². The van der Waals surface area contributed by atoms with Crippen LogP contribution in [0.1, 0.15) is 17.8 Å². The number of hydrogen-bond acceptors (Lipinski definition) is 5. The minimum atomic E-state index is 0.570. The van der Waals surface area contributed by atoms with Crippen LogP contribution in [0, 0.1) is 0 Å². The molecule has 1 heterocycles. The standard InChI is InChI=1S/C22H27Cl2N5/c1-28(2)12-6-11-25-22-17-7-4-5-8-20(17)26-21(27-22)15-29(3)14-16-9-10-18(23)19(24)13-16/h4-5,7-10,13H,6,11-12,14-15H2,1-3H3,(H,25,26,27). The molecule has 0 aliphatic heterocycles. The SMILES string of the molecule is CN(C)CCCNc1nc(CN(C)Cc2ccc(Cl)c(Cl)c2)nc2ccccc12. The van der Waals surface area contributed by atoms with Crippen LogP contribution < -0.4 is 5.32 Å². The van der Waals surface area contributed by atoms with Gasteiger partial charge in [-0.2, -0.15) is 0 Å². The second kappa shape index (κ2) is 10.2. The van der Waals surface area contributed by atoms with E-state index >= 15 is 0 Å². The molecule has 0 radical (unpaired) electrons. The predicted molar refractivity (Wildman–Crippen MR) is 123 cm³/mol. The number of fused-ring (bicyclic) bond motifs is 1. The lowest BCUT2D eigenvalue weighted by molar-refractivity contribution is 0.311. The van der Waals surface area contributed by atoms with Crippen molar-refractivity contribution in [1.29, 1.82) is 0 Å². The van der Waals surface area contributed by atoms with Gasteiger partial charge in [-0.3, -0.25) is 4.90 Å². The molecule has 0 atom stereocenters. The Bertz CT molecular complexity index is 961. The third kappa shape index (κ3) is 6.28. The second-order valence-corrected chi connectivity index (χ2v) is 8.32. The van der Waals surface area contributed by atoms with Gasteiger partial charge < -0.3 is 10.2 Å². The summed E-state index contributed by atoms with van der Waals surface area (Å²) in [6, 6.07) is 13.8.